The summed E-state index contributed by atoms with van der Waals surface area (Å²) in [7, 11) is 3.96. The lowest BCUT2D eigenvalue weighted by atomic mass is 10.1. The topological polar surface area (TPSA) is 64.6 Å². The maximum atomic E-state index is 13.0. The first-order valence-corrected chi connectivity index (χ1v) is 10.9. The molecule has 0 radical (unpaired) electrons. The van der Waals surface area contributed by atoms with E-state index < -0.39 is 0 Å². The molecule has 0 saturated carbocycles. The summed E-state index contributed by atoms with van der Waals surface area (Å²) >= 11 is 0. The maximum absolute atomic E-state index is 13.0. The standard InChI is InChI=1S/C25H30N6O/c1-18-8-10-21(11-9-18)28-23-17-24(27-19(2)26-23)30-12-14-31(15-13-30)25(32)20-6-5-7-22(16-20)29(3)4/h5-11,16-17H,12-15H2,1-4H3,(H,26,27,28). The number of hydrogen-bond donors (Lipinski definition) is 1. The highest BCUT2D eigenvalue weighted by atomic mass is 16.2. The van der Waals surface area contributed by atoms with E-state index >= 15 is 0 Å². The summed E-state index contributed by atoms with van der Waals surface area (Å²) in [4.78, 5) is 28.3. The largest absolute Gasteiger partial charge is 0.378 e. The van der Waals surface area contributed by atoms with Crippen molar-refractivity contribution >= 4 is 28.9 Å². The van der Waals surface area contributed by atoms with Crippen molar-refractivity contribution in [1.29, 1.82) is 0 Å². The van der Waals surface area contributed by atoms with E-state index in [1.54, 1.807) is 0 Å². The van der Waals surface area contributed by atoms with Crippen molar-refractivity contribution in [3.63, 3.8) is 0 Å². The van der Waals surface area contributed by atoms with Crippen LogP contribution in [0.25, 0.3) is 0 Å². The van der Waals surface area contributed by atoms with Crippen LogP contribution in [0.5, 0.6) is 0 Å². The minimum Gasteiger partial charge on any atom is -0.378 e. The minimum atomic E-state index is 0.0777. The Morgan fingerprint density at radius 1 is 0.938 bits per heavy atom. The van der Waals surface area contributed by atoms with Crippen molar-refractivity contribution < 1.29 is 4.79 Å². The molecule has 2 aromatic carbocycles. The molecular weight excluding hydrogens is 400 g/mol. The van der Waals surface area contributed by atoms with Crippen molar-refractivity contribution in [2.24, 2.45) is 0 Å². The van der Waals surface area contributed by atoms with Crippen LogP contribution in [-0.2, 0) is 0 Å². The summed E-state index contributed by atoms with van der Waals surface area (Å²) in [6, 6.07) is 18.0. The summed E-state index contributed by atoms with van der Waals surface area (Å²) in [5.41, 5.74) is 3.97. The first-order chi connectivity index (χ1) is 15.4. The molecular formula is C25H30N6O. The van der Waals surface area contributed by atoms with Gasteiger partial charge in [-0.2, -0.15) is 0 Å². The lowest BCUT2D eigenvalue weighted by molar-refractivity contribution is 0.0746. The zero-order valence-electron chi connectivity index (χ0n) is 19.2. The third-order valence-electron chi connectivity index (χ3n) is 5.65. The molecule has 1 aliphatic heterocycles. The quantitative estimate of drug-likeness (QED) is 0.663. The van der Waals surface area contributed by atoms with Gasteiger partial charge in [0.1, 0.15) is 17.5 Å². The van der Waals surface area contributed by atoms with Crippen LogP contribution in [-0.4, -0.2) is 61.0 Å². The second-order valence-electron chi connectivity index (χ2n) is 8.37. The van der Waals surface area contributed by atoms with Crippen LogP contribution < -0.4 is 15.1 Å². The molecule has 0 atom stereocenters. The third-order valence-corrected chi connectivity index (χ3v) is 5.65. The fraction of sp³-hybridized carbons (Fsp3) is 0.320. The number of carbonyl (C=O) groups excluding carboxylic acids is 1. The maximum Gasteiger partial charge on any atom is 0.254 e. The Morgan fingerprint density at radius 3 is 2.34 bits per heavy atom. The lowest BCUT2D eigenvalue weighted by Crippen LogP contribution is -2.49. The average molecular weight is 431 g/mol. The van der Waals surface area contributed by atoms with Gasteiger partial charge in [0.2, 0.25) is 0 Å². The molecule has 3 aromatic rings. The molecule has 0 bridgehead atoms. The minimum absolute atomic E-state index is 0.0777. The molecule has 1 aliphatic rings. The molecule has 0 unspecified atom stereocenters. The zero-order chi connectivity index (χ0) is 22.7. The second kappa shape index (κ2) is 9.26. The van der Waals surface area contributed by atoms with E-state index in [4.69, 9.17) is 0 Å². The highest BCUT2D eigenvalue weighted by Gasteiger charge is 2.23. The van der Waals surface area contributed by atoms with Crippen LogP contribution in [0.3, 0.4) is 0 Å². The fourth-order valence-electron chi connectivity index (χ4n) is 3.80. The first-order valence-electron chi connectivity index (χ1n) is 10.9. The van der Waals surface area contributed by atoms with E-state index in [0.717, 1.165) is 47.5 Å². The number of nitrogens with zero attached hydrogens (tertiary/aromatic N) is 5. The van der Waals surface area contributed by atoms with Gasteiger partial charge >= 0.3 is 0 Å². The molecule has 166 valence electrons. The Kier molecular flexibility index (Phi) is 6.25. The molecule has 7 heteroatoms. The Bertz CT molecular complexity index is 1090. The Balaban J connectivity index is 1.42. The molecule has 1 saturated heterocycles. The van der Waals surface area contributed by atoms with Crippen molar-refractivity contribution in [2.45, 2.75) is 13.8 Å². The van der Waals surface area contributed by atoms with Gasteiger partial charge in [-0.25, -0.2) is 9.97 Å². The van der Waals surface area contributed by atoms with E-state index in [9.17, 15) is 4.79 Å². The van der Waals surface area contributed by atoms with Gasteiger partial charge in [0.15, 0.2) is 0 Å². The molecule has 1 N–H and O–H groups in total. The van der Waals surface area contributed by atoms with E-state index in [1.165, 1.54) is 5.56 Å². The molecule has 32 heavy (non-hydrogen) atoms. The van der Waals surface area contributed by atoms with Gasteiger partial charge in [0.05, 0.1) is 0 Å². The van der Waals surface area contributed by atoms with Crippen LogP contribution in [0.2, 0.25) is 0 Å². The Morgan fingerprint density at radius 2 is 1.66 bits per heavy atom. The smallest absolute Gasteiger partial charge is 0.254 e. The van der Waals surface area contributed by atoms with Gasteiger partial charge in [-0.15, -0.1) is 0 Å². The van der Waals surface area contributed by atoms with Gasteiger partial charge < -0.3 is 20.0 Å². The summed E-state index contributed by atoms with van der Waals surface area (Å²) in [5.74, 6) is 2.45. The number of amides is 1. The predicted molar refractivity (Wildman–Crippen MR) is 130 cm³/mol. The first kappa shape index (κ1) is 21.6. The average Bonchev–Trinajstić information content (AvgIpc) is 2.80. The Labute approximate surface area is 189 Å². The summed E-state index contributed by atoms with van der Waals surface area (Å²) in [6.07, 6.45) is 0. The molecule has 4 rings (SSSR count). The van der Waals surface area contributed by atoms with Gasteiger partial charge in [-0.05, 0) is 44.2 Å². The summed E-state index contributed by atoms with van der Waals surface area (Å²) in [5, 5.41) is 3.37. The van der Waals surface area contributed by atoms with Gasteiger partial charge in [0, 0.05) is 63.3 Å². The highest BCUT2D eigenvalue weighted by Crippen LogP contribution is 2.22. The van der Waals surface area contributed by atoms with E-state index in [0.29, 0.717) is 13.1 Å². The van der Waals surface area contributed by atoms with E-state index in [2.05, 4.69) is 39.2 Å². The van der Waals surface area contributed by atoms with Gasteiger partial charge in [-0.1, -0.05) is 23.8 Å². The summed E-state index contributed by atoms with van der Waals surface area (Å²) in [6.45, 7) is 6.77. The van der Waals surface area contributed by atoms with Crippen molar-refractivity contribution in [3.05, 3.63) is 71.5 Å². The van der Waals surface area contributed by atoms with Crippen LogP contribution in [0, 0.1) is 13.8 Å². The monoisotopic (exact) mass is 430 g/mol. The molecule has 0 spiro atoms. The molecule has 1 aromatic heterocycles. The number of nitrogens with one attached hydrogen (secondary N) is 1. The van der Waals surface area contributed by atoms with Gasteiger partial charge in [0.25, 0.3) is 5.91 Å². The number of aromatic nitrogens is 2. The van der Waals surface area contributed by atoms with Crippen molar-refractivity contribution in [3.8, 4) is 0 Å². The normalized spacial score (nSPS) is 13.8. The number of hydrogen-bond acceptors (Lipinski definition) is 6. The zero-order valence-corrected chi connectivity index (χ0v) is 19.2. The highest BCUT2D eigenvalue weighted by molar-refractivity contribution is 5.95. The van der Waals surface area contributed by atoms with Gasteiger partial charge in [-0.3, -0.25) is 4.79 Å². The van der Waals surface area contributed by atoms with E-state index in [-0.39, 0.29) is 5.91 Å². The summed E-state index contributed by atoms with van der Waals surface area (Å²) < 4.78 is 0. The number of aryl methyl sites for hydroxylation is 2. The molecule has 7 nitrogen and oxygen atoms in total. The fourth-order valence-corrected chi connectivity index (χ4v) is 3.80. The van der Waals surface area contributed by atoms with Crippen LogP contribution in [0.4, 0.5) is 23.0 Å². The molecule has 1 fully saturated rings. The van der Waals surface area contributed by atoms with Crippen LogP contribution in [0.15, 0.2) is 54.6 Å². The van der Waals surface area contributed by atoms with Crippen LogP contribution >= 0.6 is 0 Å². The molecule has 2 heterocycles. The number of benzene rings is 2. The van der Waals surface area contributed by atoms with E-state index in [1.807, 2.05) is 73.3 Å². The number of anilines is 4. The second-order valence-corrected chi connectivity index (χ2v) is 8.37. The van der Waals surface area contributed by atoms with Crippen molar-refractivity contribution in [1.82, 2.24) is 14.9 Å². The predicted octanol–water partition coefficient (Wildman–Crippen LogP) is 3.87. The lowest BCUT2D eigenvalue weighted by Gasteiger charge is -2.35. The molecule has 0 aliphatic carbocycles. The van der Waals surface area contributed by atoms with Crippen LogP contribution in [0.1, 0.15) is 21.7 Å². The SMILES string of the molecule is Cc1ccc(Nc2cc(N3CCN(C(=O)c4cccc(N(C)C)c4)CC3)nc(C)n2)cc1. The number of rotatable bonds is 5. The number of carbonyl (C=O) groups is 1. The van der Waals surface area contributed by atoms with Crippen molar-refractivity contribution in [2.75, 3.05) is 55.4 Å². The Hall–Kier alpha value is -3.61. The molecule has 1 amide bonds. The number of piperazine rings is 1. The third kappa shape index (κ3) is 4.99.